The van der Waals surface area contributed by atoms with Gasteiger partial charge in [0.25, 0.3) is 5.91 Å². The highest BCUT2D eigenvalue weighted by atomic mass is 16.6. The zero-order chi connectivity index (χ0) is 15.9. The van der Waals surface area contributed by atoms with Crippen molar-refractivity contribution in [3.63, 3.8) is 0 Å². The first-order valence-corrected chi connectivity index (χ1v) is 6.79. The largest absolute Gasteiger partial charge is 0.474 e. The van der Waals surface area contributed by atoms with Gasteiger partial charge in [-0.05, 0) is 18.6 Å². The lowest BCUT2D eigenvalue weighted by Gasteiger charge is -2.14. The number of carbonyl (C=O) groups is 1. The van der Waals surface area contributed by atoms with E-state index in [4.69, 9.17) is 4.74 Å². The molecule has 0 spiro atoms. The third-order valence-electron chi connectivity index (χ3n) is 3.04. The molecule has 2 rings (SSSR count). The van der Waals surface area contributed by atoms with E-state index >= 15 is 0 Å². The minimum absolute atomic E-state index is 0.0786. The summed E-state index contributed by atoms with van der Waals surface area (Å²) in [7, 11) is 0. The van der Waals surface area contributed by atoms with E-state index < -0.39 is 11.0 Å². The van der Waals surface area contributed by atoms with Gasteiger partial charge in [0.2, 0.25) is 0 Å². The second-order valence-electron chi connectivity index (χ2n) is 4.69. The van der Waals surface area contributed by atoms with Crippen LogP contribution in [0.4, 0.5) is 5.69 Å². The topological polar surface area (TPSA) is 81.5 Å². The average Bonchev–Trinajstić information content (AvgIpc) is 2.53. The molecule has 2 aromatic rings. The lowest BCUT2D eigenvalue weighted by Crippen LogP contribution is -2.36. The number of nitrogens with zero attached hydrogens (tertiary/aromatic N) is 1. The van der Waals surface area contributed by atoms with Crippen molar-refractivity contribution in [2.24, 2.45) is 0 Å². The molecule has 0 radical (unpaired) electrons. The van der Waals surface area contributed by atoms with Gasteiger partial charge in [-0.2, -0.15) is 0 Å². The SMILES string of the molecule is C[C@H](Oc1ccccc1[N+](=O)[O-])C(=O)NCc1ccccc1. The second kappa shape index (κ2) is 7.21. The number of hydrogen-bond donors (Lipinski definition) is 1. The number of para-hydroxylation sites is 2. The highest BCUT2D eigenvalue weighted by Crippen LogP contribution is 2.26. The molecule has 22 heavy (non-hydrogen) atoms. The molecule has 1 atom stereocenters. The van der Waals surface area contributed by atoms with Gasteiger partial charge in [-0.25, -0.2) is 0 Å². The summed E-state index contributed by atoms with van der Waals surface area (Å²) in [5.41, 5.74) is 0.805. The normalized spacial score (nSPS) is 11.5. The lowest BCUT2D eigenvalue weighted by atomic mass is 10.2. The highest BCUT2D eigenvalue weighted by Gasteiger charge is 2.20. The van der Waals surface area contributed by atoms with E-state index in [2.05, 4.69) is 5.32 Å². The molecule has 1 amide bonds. The Bertz CT molecular complexity index is 658. The maximum atomic E-state index is 12.0. The Morgan fingerprint density at radius 1 is 1.18 bits per heavy atom. The van der Waals surface area contributed by atoms with Crippen LogP contribution in [0, 0.1) is 10.1 Å². The van der Waals surface area contributed by atoms with Crippen molar-refractivity contribution in [2.75, 3.05) is 0 Å². The summed E-state index contributed by atoms with van der Waals surface area (Å²) in [6.45, 7) is 1.93. The number of rotatable bonds is 6. The Hall–Kier alpha value is -2.89. The average molecular weight is 300 g/mol. The van der Waals surface area contributed by atoms with Crippen LogP contribution in [0.15, 0.2) is 54.6 Å². The smallest absolute Gasteiger partial charge is 0.310 e. The summed E-state index contributed by atoms with van der Waals surface area (Å²) in [4.78, 5) is 22.4. The van der Waals surface area contributed by atoms with Gasteiger partial charge in [-0.15, -0.1) is 0 Å². The number of nitro benzene ring substituents is 1. The van der Waals surface area contributed by atoms with Crippen molar-refractivity contribution in [1.29, 1.82) is 0 Å². The number of nitro groups is 1. The fourth-order valence-corrected chi connectivity index (χ4v) is 1.88. The first kappa shape index (κ1) is 15.5. The van der Waals surface area contributed by atoms with Crippen LogP contribution in [-0.4, -0.2) is 16.9 Å². The number of carbonyl (C=O) groups excluding carboxylic acids is 1. The predicted molar refractivity (Wildman–Crippen MR) is 81.5 cm³/mol. The predicted octanol–water partition coefficient (Wildman–Crippen LogP) is 2.68. The van der Waals surface area contributed by atoms with E-state index in [1.165, 1.54) is 12.1 Å². The second-order valence-corrected chi connectivity index (χ2v) is 4.69. The van der Waals surface area contributed by atoms with Crippen LogP contribution in [0.3, 0.4) is 0 Å². The van der Waals surface area contributed by atoms with Crippen molar-refractivity contribution in [3.05, 3.63) is 70.3 Å². The van der Waals surface area contributed by atoms with E-state index in [1.54, 1.807) is 19.1 Å². The molecule has 0 heterocycles. The molecule has 2 aromatic carbocycles. The van der Waals surface area contributed by atoms with Gasteiger partial charge < -0.3 is 10.1 Å². The van der Waals surface area contributed by atoms with Gasteiger partial charge in [0.1, 0.15) is 0 Å². The van der Waals surface area contributed by atoms with Gasteiger partial charge >= 0.3 is 5.69 Å². The van der Waals surface area contributed by atoms with Crippen molar-refractivity contribution < 1.29 is 14.5 Å². The number of nitrogens with one attached hydrogen (secondary N) is 1. The molecule has 0 saturated carbocycles. The quantitative estimate of drug-likeness (QED) is 0.657. The van der Waals surface area contributed by atoms with Gasteiger partial charge in [-0.3, -0.25) is 14.9 Å². The standard InChI is InChI=1S/C16H16N2O4/c1-12(16(19)17-11-13-7-3-2-4-8-13)22-15-10-6-5-9-14(15)18(20)21/h2-10,12H,11H2,1H3,(H,17,19)/t12-/m0/s1. The number of benzene rings is 2. The summed E-state index contributed by atoms with van der Waals surface area (Å²) in [6, 6.07) is 15.4. The molecule has 114 valence electrons. The van der Waals surface area contributed by atoms with Gasteiger partial charge in [0.15, 0.2) is 11.9 Å². The van der Waals surface area contributed by atoms with Crippen LogP contribution >= 0.6 is 0 Å². The molecule has 0 aliphatic carbocycles. The molecule has 6 heteroatoms. The molecular weight excluding hydrogens is 284 g/mol. The minimum Gasteiger partial charge on any atom is -0.474 e. The molecule has 0 fully saturated rings. The summed E-state index contributed by atoms with van der Waals surface area (Å²) in [6.07, 6.45) is -0.829. The van der Waals surface area contributed by atoms with Gasteiger partial charge in [-0.1, -0.05) is 42.5 Å². The zero-order valence-electron chi connectivity index (χ0n) is 12.1. The molecule has 0 bridgehead atoms. The Kier molecular flexibility index (Phi) is 5.08. The van der Waals surface area contributed by atoms with Crippen molar-refractivity contribution in [1.82, 2.24) is 5.32 Å². The van der Waals surface area contributed by atoms with E-state index in [1.807, 2.05) is 30.3 Å². The van der Waals surface area contributed by atoms with Gasteiger partial charge in [0.05, 0.1) is 4.92 Å². The highest BCUT2D eigenvalue weighted by molar-refractivity contribution is 5.80. The summed E-state index contributed by atoms with van der Waals surface area (Å²) in [5, 5.41) is 13.6. The number of ether oxygens (including phenoxy) is 1. The van der Waals surface area contributed by atoms with E-state index in [0.29, 0.717) is 6.54 Å². The van der Waals surface area contributed by atoms with E-state index in [0.717, 1.165) is 5.56 Å². The maximum absolute atomic E-state index is 12.0. The summed E-state index contributed by atoms with van der Waals surface area (Å²) >= 11 is 0. The molecule has 0 unspecified atom stereocenters. The lowest BCUT2D eigenvalue weighted by molar-refractivity contribution is -0.386. The van der Waals surface area contributed by atoms with E-state index in [9.17, 15) is 14.9 Å². The third-order valence-corrected chi connectivity index (χ3v) is 3.04. The van der Waals surface area contributed by atoms with Gasteiger partial charge in [0, 0.05) is 12.6 Å². The summed E-state index contributed by atoms with van der Waals surface area (Å²) in [5.74, 6) is -0.253. The first-order chi connectivity index (χ1) is 10.6. The van der Waals surface area contributed by atoms with Crippen LogP contribution in [0.5, 0.6) is 5.75 Å². The molecule has 1 N–H and O–H groups in total. The van der Waals surface area contributed by atoms with Crippen LogP contribution < -0.4 is 10.1 Å². The molecule has 0 saturated heterocycles. The fraction of sp³-hybridized carbons (Fsp3) is 0.188. The van der Waals surface area contributed by atoms with E-state index in [-0.39, 0.29) is 17.3 Å². The molecule has 0 aliphatic rings. The van der Waals surface area contributed by atoms with Crippen LogP contribution in [0.1, 0.15) is 12.5 Å². The number of amides is 1. The fourth-order valence-electron chi connectivity index (χ4n) is 1.88. The van der Waals surface area contributed by atoms with Crippen LogP contribution in [-0.2, 0) is 11.3 Å². The Labute approximate surface area is 127 Å². The zero-order valence-corrected chi connectivity index (χ0v) is 12.1. The van der Waals surface area contributed by atoms with Crippen LogP contribution in [0.2, 0.25) is 0 Å². The summed E-state index contributed by atoms with van der Waals surface area (Å²) < 4.78 is 5.40. The number of hydrogen-bond acceptors (Lipinski definition) is 4. The molecule has 0 aliphatic heterocycles. The van der Waals surface area contributed by atoms with Crippen molar-refractivity contribution in [2.45, 2.75) is 19.6 Å². The van der Waals surface area contributed by atoms with Crippen molar-refractivity contribution >= 4 is 11.6 Å². The molecule has 0 aromatic heterocycles. The molecular formula is C16H16N2O4. The first-order valence-electron chi connectivity index (χ1n) is 6.79. The Morgan fingerprint density at radius 3 is 2.50 bits per heavy atom. The Morgan fingerprint density at radius 2 is 1.82 bits per heavy atom. The monoisotopic (exact) mass is 300 g/mol. The minimum atomic E-state index is -0.829. The van der Waals surface area contributed by atoms with Crippen LogP contribution in [0.25, 0.3) is 0 Å². The third kappa shape index (κ3) is 4.05. The Balaban J connectivity index is 1.96. The van der Waals surface area contributed by atoms with Crippen molar-refractivity contribution in [3.8, 4) is 5.75 Å². The molecule has 6 nitrogen and oxygen atoms in total. The maximum Gasteiger partial charge on any atom is 0.310 e.